The van der Waals surface area contributed by atoms with Gasteiger partial charge in [-0.1, -0.05) is 30.3 Å². The van der Waals surface area contributed by atoms with E-state index in [-0.39, 0.29) is 11.9 Å². The van der Waals surface area contributed by atoms with E-state index in [1.165, 1.54) is 0 Å². The van der Waals surface area contributed by atoms with Gasteiger partial charge in [0.1, 0.15) is 19.0 Å². The molecule has 7 nitrogen and oxygen atoms in total. The van der Waals surface area contributed by atoms with Crippen molar-refractivity contribution in [2.24, 2.45) is 0 Å². The number of benzene rings is 2. The van der Waals surface area contributed by atoms with Crippen LogP contribution < -0.4 is 9.47 Å². The minimum atomic E-state index is -0.167. The van der Waals surface area contributed by atoms with Gasteiger partial charge in [-0.05, 0) is 25.1 Å². The van der Waals surface area contributed by atoms with Gasteiger partial charge in [0.15, 0.2) is 17.3 Å². The lowest BCUT2D eigenvalue weighted by Crippen LogP contribution is -2.41. The predicted molar refractivity (Wildman–Crippen MR) is 102 cm³/mol. The van der Waals surface area contributed by atoms with Gasteiger partial charge in [0.25, 0.3) is 5.91 Å². The van der Waals surface area contributed by atoms with E-state index in [2.05, 4.69) is 5.10 Å². The van der Waals surface area contributed by atoms with Crippen molar-refractivity contribution in [1.29, 1.82) is 0 Å². The van der Waals surface area contributed by atoms with Gasteiger partial charge in [-0.3, -0.25) is 4.79 Å². The Bertz CT molecular complexity index is 1030. The third kappa shape index (κ3) is 2.79. The Kier molecular flexibility index (Phi) is 4.00. The van der Waals surface area contributed by atoms with E-state index < -0.39 is 0 Å². The average molecular weight is 376 g/mol. The molecule has 0 radical (unpaired) electrons. The Morgan fingerprint density at radius 1 is 1.04 bits per heavy atom. The summed E-state index contributed by atoms with van der Waals surface area (Å²) < 4.78 is 13.1. The molecule has 0 unspecified atom stereocenters. The number of nitrogens with zero attached hydrogens (tertiary/aromatic N) is 4. The maximum Gasteiger partial charge on any atom is 0.254 e. The highest BCUT2D eigenvalue weighted by molar-refractivity contribution is 5.95. The highest BCUT2D eigenvalue weighted by atomic mass is 16.6. The van der Waals surface area contributed by atoms with E-state index in [0.717, 1.165) is 11.4 Å². The van der Waals surface area contributed by atoms with Crippen LogP contribution in [0.15, 0.2) is 48.5 Å². The maximum absolute atomic E-state index is 13.2. The van der Waals surface area contributed by atoms with Crippen molar-refractivity contribution in [3.8, 4) is 22.9 Å². The summed E-state index contributed by atoms with van der Waals surface area (Å²) in [6.45, 7) is 4.22. The summed E-state index contributed by atoms with van der Waals surface area (Å²) in [5.74, 6) is 2.75. The first kappa shape index (κ1) is 16.8. The van der Waals surface area contributed by atoms with Crippen LogP contribution in [-0.2, 0) is 6.54 Å². The summed E-state index contributed by atoms with van der Waals surface area (Å²) in [6.07, 6.45) is 0. The summed E-state index contributed by atoms with van der Waals surface area (Å²) in [5, 5.41) is 4.63. The zero-order valence-corrected chi connectivity index (χ0v) is 15.5. The fraction of sp³-hybridized carbons (Fsp3) is 0.286. The minimum absolute atomic E-state index is 0.0417. The Labute approximate surface area is 162 Å². The SMILES string of the molecule is C[C@H]1c2nc(-c3ccccc3)nn2CCN1C(=O)c1ccc2c(c1)OCCO2. The Morgan fingerprint density at radius 3 is 2.64 bits per heavy atom. The van der Waals surface area contributed by atoms with Crippen molar-refractivity contribution in [2.75, 3.05) is 19.8 Å². The fourth-order valence-electron chi connectivity index (χ4n) is 3.69. The van der Waals surface area contributed by atoms with Gasteiger partial charge in [0, 0.05) is 17.7 Å². The third-order valence-corrected chi connectivity index (χ3v) is 5.18. The molecule has 0 N–H and O–H groups in total. The van der Waals surface area contributed by atoms with Crippen LogP contribution in [0, 0.1) is 0 Å². The third-order valence-electron chi connectivity index (χ3n) is 5.18. The van der Waals surface area contributed by atoms with Gasteiger partial charge in [-0.25, -0.2) is 9.67 Å². The molecule has 1 atom stereocenters. The first-order chi connectivity index (χ1) is 13.7. The number of hydrogen-bond donors (Lipinski definition) is 0. The standard InChI is InChI=1S/C21H20N4O3/c1-14-20-22-19(15-5-3-2-4-6-15)23-25(20)10-9-24(14)21(26)16-7-8-17-18(13-16)28-12-11-27-17/h2-8,13-14H,9-12H2,1H3/t14-/m0/s1. The number of rotatable bonds is 2. The molecule has 3 aromatic rings. The molecule has 0 bridgehead atoms. The molecule has 0 fully saturated rings. The second-order valence-corrected chi connectivity index (χ2v) is 6.92. The van der Waals surface area contributed by atoms with Crippen LogP contribution in [0.3, 0.4) is 0 Å². The molecule has 0 aliphatic carbocycles. The van der Waals surface area contributed by atoms with Crippen molar-refractivity contribution in [3.63, 3.8) is 0 Å². The van der Waals surface area contributed by atoms with E-state index in [9.17, 15) is 4.79 Å². The van der Waals surface area contributed by atoms with Crippen LogP contribution in [0.5, 0.6) is 11.5 Å². The van der Waals surface area contributed by atoms with Crippen LogP contribution >= 0.6 is 0 Å². The van der Waals surface area contributed by atoms with E-state index in [1.807, 2.05) is 46.8 Å². The Morgan fingerprint density at radius 2 is 1.82 bits per heavy atom. The number of fused-ring (bicyclic) bond motifs is 2. The predicted octanol–water partition coefficient (Wildman–Crippen LogP) is 2.93. The van der Waals surface area contributed by atoms with Gasteiger partial charge < -0.3 is 14.4 Å². The topological polar surface area (TPSA) is 69.5 Å². The molecule has 0 saturated heterocycles. The molecule has 1 aromatic heterocycles. The molecule has 3 heterocycles. The molecule has 2 aliphatic heterocycles. The molecular formula is C21H20N4O3. The number of amides is 1. The van der Waals surface area contributed by atoms with Gasteiger partial charge in [0.2, 0.25) is 0 Å². The largest absolute Gasteiger partial charge is 0.486 e. The van der Waals surface area contributed by atoms with Gasteiger partial charge in [-0.2, -0.15) is 5.10 Å². The van der Waals surface area contributed by atoms with Crippen molar-refractivity contribution in [1.82, 2.24) is 19.7 Å². The Balaban J connectivity index is 1.42. The van der Waals surface area contributed by atoms with Crippen molar-refractivity contribution < 1.29 is 14.3 Å². The average Bonchev–Trinajstić information content (AvgIpc) is 3.19. The van der Waals surface area contributed by atoms with Crippen molar-refractivity contribution in [3.05, 3.63) is 59.9 Å². The van der Waals surface area contributed by atoms with Gasteiger partial charge in [0.05, 0.1) is 12.6 Å². The summed E-state index contributed by atoms with van der Waals surface area (Å²) in [6, 6.07) is 15.1. The zero-order valence-electron chi connectivity index (χ0n) is 15.5. The smallest absolute Gasteiger partial charge is 0.254 e. The van der Waals surface area contributed by atoms with Crippen LogP contribution in [-0.4, -0.2) is 45.3 Å². The fourth-order valence-corrected chi connectivity index (χ4v) is 3.69. The molecule has 28 heavy (non-hydrogen) atoms. The molecule has 7 heteroatoms. The summed E-state index contributed by atoms with van der Waals surface area (Å²) in [7, 11) is 0. The van der Waals surface area contributed by atoms with E-state index in [0.29, 0.717) is 49.2 Å². The van der Waals surface area contributed by atoms with Crippen LogP contribution in [0.4, 0.5) is 0 Å². The molecule has 5 rings (SSSR count). The number of aromatic nitrogens is 3. The molecule has 0 spiro atoms. The maximum atomic E-state index is 13.2. The van der Waals surface area contributed by atoms with Crippen molar-refractivity contribution in [2.45, 2.75) is 19.5 Å². The lowest BCUT2D eigenvalue weighted by Gasteiger charge is -2.33. The second-order valence-electron chi connectivity index (χ2n) is 6.92. The normalized spacial score (nSPS) is 17.9. The number of hydrogen-bond acceptors (Lipinski definition) is 5. The summed E-state index contributed by atoms with van der Waals surface area (Å²) in [5.41, 5.74) is 1.56. The lowest BCUT2D eigenvalue weighted by molar-refractivity contribution is 0.0629. The quantitative estimate of drug-likeness (QED) is 0.688. The molecule has 2 aliphatic rings. The molecule has 0 saturated carbocycles. The summed E-state index contributed by atoms with van der Waals surface area (Å²) in [4.78, 5) is 19.7. The number of ether oxygens (including phenoxy) is 2. The van der Waals surface area contributed by atoms with Gasteiger partial charge in [-0.15, -0.1) is 0 Å². The van der Waals surface area contributed by atoms with Crippen LogP contribution in [0.1, 0.15) is 29.1 Å². The van der Waals surface area contributed by atoms with Gasteiger partial charge >= 0.3 is 0 Å². The monoisotopic (exact) mass is 376 g/mol. The van der Waals surface area contributed by atoms with E-state index in [4.69, 9.17) is 14.5 Å². The first-order valence-corrected chi connectivity index (χ1v) is 9.41. The lowest BCUT2D eigenvalue weighted by atomic mass is 10.1. The molecule has 1 amide bonds. The minimum Gasteiger partial charge on any atom is -0.486 e. The first-order valence-electron chi connectivity index (χ1n) is 9.41. The molecule has 142 valence electrons. The molecule has 2 aromatic carbocycles. The second kappa shape index (κ2) is 6.67. The number of carbonyl (C=O) groups is 1. The Hall–Kier alpha value is -3.35. The highest BCUT2D eigenvalue weighted by Gasteiger charge is 2.32. The van der Waals surface area contributed by atoms with E-state index in [1.54, 1.807) is 18.2 Å². The molecular weight excluding hydrogens is 356 g/mol. The number of carbonyl (C=O) groups excluding carboxylic acids is 1. The highest BCUT2D eigenvalue weighted by Crippen LogP contribution is 2.33. The zero-order chi connectivity index (χ0) is 19.1. The van der Waals surface area contributed by atoms with Crippen LogP contribution in [0.2, 0.25) is 0 Å². The summed E-state index contributed by atoms with van der Waals surface area (Å²) >= 11 is 0. The van der Waals surface area contributed by atoms with Crippen LogP contribution in [0.25, 0.3) is 11.4 Å². The van der Waals surface area contributed by atoms with E-state index >= 15 is 0 Å². The van der Waals surface area contributed by atoms with Crippen molar-refractivity contribution >= 4 is 5.91 Å².